The first-order chi connectivity index (χ1) is 22.7. The van der Waals surface area contributed by atoms with E-state index in [2.05, 4.69) is 37.9 Å². The monoisotopic (exact) mass is 670 g/mol. The summed E-state index contributed by atoms with van der Waals surface area (Å²) in [6.45, 7) is 11.6. The molecule has 2 bridgehead atoms. The van der Waals surface area contributed by atoms with E-state index in [1.807, 2.05) is 39.2 Å². The zero-order valence-corrected chi connectivity index (χ0v) is 28.9. The summed E-state index contributed by atoms with van der Waals surface area (Å²) in [6, 6.07) is 0. The average molecular weight is 671 g/mol. The molecule has 1 aromatic heterocycles. The molecule has 4 aliphatic rings. The molecule has 0 saturated carbocycles. The van der Waals surface area contributed by atoms with E-state index in [1.54, 1.807) is 17.0 Å². The Morgan fingerprint density at radius 1 is 1.23 bits per heavy atom. The van der Waals surface area contributed by atoms with Crippen LogP contribution in [-0.2, 0) is 45.1 Å². The molecular formula is C36H50N2O10. The lowest BCUT2D eigenvalue weighted by Crippen LogP contribution is -2.55. The Hall–Kier alpha value is -3.13. The Bertz CT molecular complexity index is 1450. The summed E-state index contributed by atoms with van der Waals surface area (Å²) in [4.78, 5) is 29.5. The van der Waals surface area contributed by atoms with E-state index in [0.29, 0.717) is 30.2 Å². The van der Waals surface area contributed by atoms with Gasteiger partial charge in [-0.05, 0) is 75.5 Å². The largest absolute Gasteiger partial charge is 0.456 e. The molecule has 1 aliphatic carbocycles. The van der Waals surface area contributed by atoms with Gasteiger partial charge < -0.3 is 43.2 Å². The van der Waals surface area contributed by atoms with Crippen molar-refractivity contribution in [1.82, 2.24) is 9.55 Å². The topological polar surface area (TPSA) is 148 Å². The van der Waals surface area contributed by atoms with Gasteiger partial charge in [0.05, 0.1) is 25.2 Å². The van der Waals surface area contributed by atoms with Crippen LogP contribution in [0.1, 0.15) is 60.1 Å². The van der Waals surface area contributed by atoms with Crippen molar-refractivity contribution >= 4 is 18.0 Å². The number of rotatable bonds is 10. The first kappa shape index (κ1) is 36.2. The summed E-state index contributed by atoms with van der Waals surface area (Å²) < 4.78 is 38.6. The van der Waals surface area contributed by atoms with E-state index in [-0.39, 0.29) is 31.0 Å². The van der Waals surface area contributed by atoms with Crippen molar-refractivity contribution in [3.63, 3.8) is 0 Å². The van der Waals surface area contributed by atoms with Gasteiger partial charge >= 0.3 is 11.9 Å². The second kappa shape index (κ2) is 14.8. The minimum Gasteiger partial charge on any atom is -0.456 e. The number of fused-ring (bicyclic) bond motifs is 3. The summed E-state index contributed by atoms with van der Waals surface area (Å²) in [5.74, 6) is -1.89. The van der Waals surface area contributed by atoms with Crippen LogP contribution in [0.5, 0.6) is 0 Å². The molecule has 2 N–H and O–H groups in total. The highest BCUT2D eigenvalue weighted by molar-refractivity contribution is 5.86. The van der Waals surface area contributed by atoms with E-state index in [0.717, 1.165) is 6.42 Å². The third kappa shape index (κ3) is 7.69. The van der Waals surface area contributed by atoms with E-state index < -0.39 is 54.0 Å². The predicted octanol–water partition coefficient (Wildman–Crippen LogP) is 3.63. The van der Waals surface area contributed by atoms with Crippen LogP contribution in [0.25, 0.3) is 6.08 Å². The highest BCUT2D eigenvalue weighted by Crippen LogP contribution is 2.50. The molecule has 264 valence electrons. The summed E-state index contributed by atoms with van der Waals surface area (Å²) in [5.41, 5.74) is 1.46. The van der Waals surface area contributed by atoms with Gasteiger partial charge in [0, 0.05) is 38.4 Å². The minimum absolute atomic E-state index is 0.0140. The number of hydrogen-bond acceptors (Lipinski definition) is 11. The van der Waals surface area contributed by atoms with E-state index in [1.165, 1.54) is 18.6 Å². The number of allylic oxidation sites excluding steroid dienone is 3. The molecule has 5 rings (SSSR count). The third-order valence-electron chi connectivity index (χ3n) is 9.93. The van der Waals surface area contributed by atoms with Crippen LogP contribution in [0, 0.1) is 23.7 Å². The zero-order valence-electron chi connectivity index (χ0n) is 28.9. The SMILES string of the molecule is CCO[C@]12C=C[C@](C)(O1)[C@@H](OC(=O)/C=C/c1cn(C)cn1)C[C@H]1C(C)=CC[C@H](C(C)C)[C@H]1C=C2CO[C@@H]1OC[C@@H](O)[C@@H](O)[C@@H]1OC(C)=O. The highest BCUT2D eigenvalue weighted by Gasteiger charge is 2.54. The van der Waals surface area contributed by atoms with Crippen LogP contribution in [0.15, 0.2) is 54.1 Å². The van der Waals surface area contributed by atoms with Gasteiger partial charge in [0.15, 0.2) is 12.4 Å². The number of hydrogen-bond donors (Lipinski definition) is 2. The number of carbonyl (C=O) groups is 2. The molecule has 3 aliphatic heterocycles. The number of aryl methyl sites for hydroxylation is 1. The van der Waals surface area contributed by atoms with Gasteiger partial charge in [0.25, 0.3) is 0 Å². The maximum absolute atomic E-state index is 13.3. The Balaban J connectivity index is 1.51. The Morgan fingerprint density at radius 3 is 2.67 bits per heavy atom. The molecule has 1 aromatic rings. The molecule has 0 radical (unpaired) electrons. The van der Waals surface area contributed by atoms with Crippen molar-refractivity contribution in [2.75, 3.05) is 19.8 Å². The van der Waals surface area contributed by atoms with Gasteiger partial charge in [-0.3, -0.25) is 4.79 Å². The number of ether oxygens (including phenoxy) is 6. The molecule has 12 nitrogen and oxygen atoms in total. The summed E-state index contributed by atoms with van der Waals surface area (Å²) in [6.07, 6.45) is 10.4. The second-order valence-corrected chi connectivity index (χ2v) is 13.8. The second-order valence-electron chi connectivity index (χ2n) is 13.8. The van der Waals surface area contributed by atoms with Crippen molar-refractivity contribution in [3.05, 3.63) is 59.7 Å². The minimum atomic E-state index is -1.39. The highest BCUT2D eigenvalue weighted by atomic mass is 16.7. The Kier molecular flexibility index (Phi) is 11.1. The van der Waals surface area contributed by atoms with E-state index in [9.17, 15) is 19.8 Å². The number of aromatic nitrogens is 2. The smallest absolute Gasteiger partial charge is 0.331 e. The van der Waals surface area contributed by atoms with Crippen LogP contribution < -0.4 is 0 Å². The first-order valence-electron chi connectivity index (χ1n) is 16.8. The van der Waals surface area contributed by atoms with Crippen molar-refractivity contribution in [2.45, 2.75) is 96.5 Å². The lowest BCUT2D eigenvalue weighted by atomic mass is 9.65. The normalized spacial score (nSPS) is 36.5. The zero-order chi connectivity index (χ0) is 34.8. The first-order valence-corrected chi connectivity index (χ1v) is 16.8. The van der Waals surface area contributed by atoms with Gasteiger partial charge in [0.2, 0.25) is 5.79 Å². The predicted molar refractivity (Wildman–Crippen MR) is 175 cm³/mol. The van der Waals surface area contributed by atoms with Gasteiger partial charge in [-0.25, -0.2) is 9.78 Å². The number of nitrogens with zero attached hydrogens (tertiary/aromatic N) is 2. The molecule has 10 atom stereocenters. The molecule has 1 saturated heterocycles. The van der Waals surface area contributed by atoms with Crippen LogP contribution in [0.2, 0.25) is 0 Å². The molecule has 0 spiro atoms. The van der Waals surface area contributed by atoms with Gasteiger partial charge in [0.1, 0.15) is 23.9 Å². The van der Waals surface area contributed by atoms with E-state index in [4.69, 9.17) is 28.4 Å². The fourth-order valence-electron chi connectivity index (χ4n) is 7.31. The molecule has 4 heterocycles. The number of aliphatic hydroxyl groups is 2. The number of imidazole rings is 1. The average Bonchev–Trinajstić information content (AvgIpc) is 3.61. The summed E-state index contributed by atoms with van der Waals surface area (Å²) in [5, 5.41) is 20.9. The van der Waals surface area contributed by atoms with Crippen LogP contribution in [0.4, 0.5) is 0 Å². The van der Waals surface area contributed by atoms with Crippen molar-refractivity contribution in [1.29, 1.82) is 0 Å². The number of carbonyl (C=O) groups excluding carboxylic acids is 2. The third-order valence-corrected chi connectivity index (χ3v) is 9.93. The number of aliphatic hydroxyl groups excluding tert-OH is 2. The maximum atomic E-state index is 13.3. The molecule has 12 heteroatoms. The molecule has 0 unspecified atom stereocenters. The molecule has 0 amide bonds. The Labute approximate surface area is 282 Å². The van der Waals surface area contributed by atoms with Crippen molar-refractivity contribution < 1.29 is 48.2 Å². The fraction of sp³-hybridized carbons (Fsp3) is 0.639. The summed E-state index contributed by atoms with van der Waals surface area (Å²) in [7, 11) is 1.86. The van der Waals surface area contributed by atoms with Crippen LogP contribution in [-0.4, -0.2) is 93.6 Å². The lowest BCUT2D eigenvalue weighted by Gasteiger charge is -2.41. The van der Waals surface area contributed by atoms with Crippen LogP contribution in [0.3, 0.4) is 0 Å². The quantitative estimate of drug-likeness (QED) is 0.214. The van der Waals surface area contributed by atoms with Gasteiger partial charge in [-0.15, -0.1) is 0 Å². The lowest BCUT2D eigenvalue weighted by molar-refractivity contribution is -0.278. The van der Waals surface area contributed by atoms with E-state index >= 15 is 0 Å². The number of esters is 2. The molecule has 0 aromatic carbocycles. The van der Waals surface area contributed by atoms with Crippen molar-refractivity contribution in [2.24, 2.45) is 30.7 Å². The molecule has 48 heavy (non-hydrogen) atoms. The van der Waals surface area contributed by atoms with Gasteiger partial charge in [-0.2, -0.15) is 0 Å². The Morgan fingerprint density at radius 2 is 2.00 bits per heavy atom. The van der Waals surface area contributed by atoms with Gasteiger partial charge in [-0.1, -0.05) is 31.6 Å². The maximum Gasteiger partial charge on any atom is 0.331 e. The standard InChI is InChI=1S/C36H50N2O10/c1-8-45-36-14-13-35(6,48-36)30(47-31(41)12-10-25-17-38(7)20-37-25)16-27-22(4)9-11-26(21(2)3)28(27)15-24(36)18-43-34-33(46-23(5)39)32(42)29(40)19-44-34/h9-10,12-15,17,20-21,26-30,32-34,40,42H,8,11,16,18-19H2,1-7H3/b12-10+,24-15?/t26-,27+,28-,29-,30+,32-,33+,34-,35+,36-/m1/s1. The fourth-order valence-corrected chi connectivity index (χ4v) is 7.31. The van der Waals surface area contributed by atoms with Crippen molar-refractivity contribution in [3.8, 4) is 0 Å². The summed E-state index contributed by atoms with van der Waals surface area (Å²) >= 11 is 0. The molecule has 1 fully saturated rings. The molecular weight excluding hydrogens is 620 g/mol. The van der Waals surface area contributed by atoms with Crippen LogP contribution >= 0.6 is 0 Å².